The quantitative estimate of drug-likeness (QED) is 0.370. The molecule has 0 bridgehead atoms. The van der Waals surface area contributed by atoms with Crippen molar-refractivity contribution in [1.29, 1.82) is 0 Å². The van der Waals surface area contributed by atoms with Crippen LogP contribution in [0.25, 0.3) is 10.9 Å². The van der Waals surface area contributed by atoms with Crippen LogP contribution in [0.2, 0.25) is 5.02 Å². The second-order valence-electron chi connectivity index (χ2n) is 9.05. The van der Waals surface area contributed by atoms with Gasteiger partial charge in [0.15, 0.2) is 0 Å². The number of non-ortho nitro benzene ring substituents is 1. The van der Waals surface area contributed by atoms with Crippen LogP contribution in [0.4, 0.5) is 11.4 Å². The molecule has 1 fully saturated rings. The molecule has 1 aromatic heterocycles. The van der Waals surface area contributed by atoms with Crippen molar-refractivity contribution in [2.24, 2.45) is 0 Å². The maximum absolute atomic E-state index is 13.3. The summed E-state index contributed by atoms with van der Waals surface area (Å²) in [5.74, 6) is -0.631. The first-order chi connectivity index (χ1) is 16.7. The maximum atomic E-state index is 13.3. The van der Waals surface area contributed by atoms with E-state index in [9.17, 15) is 19.7 Å². The van der Waals surface area contributed by atoms with Crippen LogP contribution in [-0.2, 0) is 11.3 Å². The number of nitro benzene ring substituents is 1. The average Bonchev–Trinajstić information content (AvgIpc) is 3.18. The summed E-state index contributed by atoms with van der Waals surface area (Å²) < 4.78 is 1.60. The zero-order valence-corrected chi connectivity index (χ0v) is 20.4. The number of carbonyl (C=O) groups is 2. The van der Waals surface area contributed by atoms with Crippen molar-refractivity contribution in [2.45, 2.75) is 45.3 Å². The topological polar surface area (TPSA) is 110 Å². The normalized spacial score (nSPS) is 14.9. The molecule has 0 radical (unpaired) electrons. The van der Waals surface area contributed by atoms with E-state index in [1.165, 1.54) is 12.1 Å². The fourth-order valence-corrected chi connectivity index (χ4v) is 4.55. The highest BCUT2D eigenvalue weighted by atomic mass is 35.5. The standard InChI is InChI=1S/C25H28ClN5O4/c1-16(2)29-11-9-20(10-12-29)28-25(33)23-14-17-13-21(31(34)35)7-8-22(17)30(23)15-24(32)27-19-5-3-18(26)4-6-19/h3-8,13-14,16,20H,9-12,15H2,1-2H3,(H,27,32)(H,28,33). The maximum Gasteiger partial charge on any atom is 0.270 e. The van der Waals surface area contributed by atoms with Crippen LogP contribution in [0, 0.1) is 10.1 Å². The number of hydrogen-bond donors (Lipinski definition) is 2. The van der Waals surface area contributed by atoms with Crippen molar-refractivity contribution in [2.75, 3.05) is 18.4 Å². The summed E-state index contributed by atoms with van der Waals surface area (Å²) in [6.07, 6.45) is 1.68. The molecule has 0 spiro atoms. The average molecular weight is 498 g/mol. The number of halogens is 1. The molecule has 2 amide bonds. The number of aromatic nitrogens is 1. The molecule has 184 valence electrons. The Bertz CT molecular complexity index is 1250. The van der Waals surface area contributed by atoms with E-state index in [4.69, 9.17) is 11.6 Å². The minimum Gasteiger partial charge on any atom is -0.348 e. The molecule has 2 heterocycles. The molecule has 4 rings (SSSR count). The van der Waals surface area contributed by atoms with Gasteiger partial charge in [0.05, 0.1) is 4.92 Å². The van der Waals surface area contributed by atoms with E-state index in [2.05, 4.69) is 29.4 Å². The molecule has 1 aliphatic rings. The number of nitro groups is 1. The van der Waals surface area contributed by atoms with Gasteiger partial charge in [0.25, 0.3) is 11.6 Å². The third-order valence-electron chi connectivity index (χ3n) is 6.35. The van der Waals surface area contributed by atoms with Gasteiger partial charge in [0, 0.05) is 58.9 Å². The van der Waals surface area contributed by atoms with Crippen LogP contribution in [0.3, 0.4) is 0 Å². The van der Waals surface area contributed by atoms with Gasteiger partial charge in [-0.25, -0.2) is 0 Å². The monoisotopic (exact) mass is 497 g/mol. The Morgan fingerprint density at radius 1 is 1.11 bits per heavy atom. The lowest BCUT2D eigenvalue weighted by atomic mass is 10.0. The van der Waals surface area contributed by atoms with Gasteiger partial charge in [0.2, 0.25) is 5.91 Å². The SMILES string of the molecule is CC(C)N1CCC(NC(=O)c2cc3cc([N+](=O)[O-])ccc3n2CC(=O)Nc2ccc(Cl)cc2)CC1. The van der Waals surface area contributed by atoms with Crippen LogP contribution in [-0.4, -0.2) is 51.4 Å². The first-order valence-electron chi connectivity index (χ1n) is 11.6. The minimum atomic E-state index is -0.480. The Labute approximate surface area is 208 Å². The summed E-state index contributed by atoms with van der Waals surface area (Å²) in [7, 11) is 0. The minimum absolute atomic E-state index is 0.0289. The molecule has 1 saturated heterocycles. The number of nitrogens with zero attached hydrogens (tertiary/aromatic N) is 3. The Kier molecular flexibility index (Phi) is 7.37. The van der Waals surface area contributed by atoms with Gasteiger partial charge < -0.3 is 20.1 Å². The van der Waals surface area contributed by atoms with E-state index in [1.54, 1.807) is 41.0 Å². The van der Waals surface area contributed by atoms with Crippen LogP contribution in [0.1, 0.15) is 37.2 Å². The molecule has 2 aromatic carbocycles. The number of benzene rings is 2. The highest BCUT2D eigenvalue weighted by Crippen LogP contribution is 2.26. The first-order valence-corrected chi connectivity index (χ1v) is 12.0. The zero-order valence-electron chi connectivity index (χ0n) is 19.7. The lowest BCUT2D eigenvalue weighted by molar-refractivity contribution is -0.384. The van der Waals surface area contributed by atoms with E-state index in [0.29, 0.717) is 27.7 Å². The number of nitrogens with one attached hydrogen (secondary N) is 2. The molecular formula is C25H28ClN5O4. The van der Waals surface area contributed by atoms with Gasteiger partial charge in [-0.05, 0) is 63.1 Å². The van der Waals surface area contributed by atoms with Gasteiger partial charge in [0.1, 0.15) is 12.2 Å². The lowest BCUT2D eigenvalue weighted by Crippen LogP contribution is -2.47. The first kappa shape index (κ1) is 24.7. The molecule has 35 heavy (non-hydrogen) atoms. The number of piperidine rings is 1. The number of anilines is 1. The van der Waals surface area contributed by atoms with E-state index in [0.717, 1.165) is 25.9 Å². The van der Waals surface area contributed by atoms with Crippen molar-refractivity contribution in [3.8, 4) is 0 Å². The fourth-order valence-electron chi connectivity index (χ4n) is 4.43. The fraction of sp³-hybridized carbons (Fsp3) is 0.360. The summed E-state index contributed by atoms with van der Waals surface area (Å²) >= 11 is 5.91. The van der Waals surface area contributed by atoms with Crippen LogP contribution < -0.4 is 10.6 Å². The number of fused-ring (bicyclic) bond motifs is 1. The van der Waals surface area contributed by atoms with Crippen LogP contribution >= 0.6 is 11.6 Å². The van der Waals surface area contributed by atoms with E-state index in [1.807, 2.05) is 0 Å². The predicted octanol–water partition coefficient (Wildman–Crippen LogP) is 4.44. The van der Waals surface area contributed by atoms with Crippen LogP contribution in [0.5, 0.6) is 0 Å². The number of rotatable bonds is 7. The van der Waals surface area contributed by atoms with Crippen molar-refractivity contribution >= 4 is 45.7 Å². The van der Waals surface area contributed by atoms with Crippen molar-refractivity contribution in [3.05, 3.63) is 69.4 Å². The van der Waals surface area contributed by atoms with Gasteiger partial charge >= 0.3 is 0 Å². The molecule has 0 aliphatic carbocycles. The van der Waals surface area contributed by atoms with Crippen molar-refractivity contribution < 1.29 is 14.5 Å². The highest BCUT2D eigenvalue weighted by Gasteiger charge is 2.25. The van der Waals surface area contributed by atoms with E-state index in [-0.39, 0.29) is 35.8 Å². The smallest absolute Gasteiger partial charge is 0.270 e. The Balaban J connectivity index is 1.58. The third kappa shape index (κ3) is 5.80. The molecule has 0 atom stereocenters. The molecule has 0 unspecified atom stereocenters. The zero-order chi connectivity index (χ0) is 25.1. The summed E-state index contributed by atoms with van der Waals surface area (Å²) in [5, 5.41) is 18.2. The van der Waals surface area contributed by atoms with Crippen molar-refractivity contribution in [1.82, 2.24) is 14.8 Å². The lowest BCUT2D eigenvalue weighted by Gasteiger charge is -2.34. The summed E-state index contributed by atoms with van der Waals surface area (Å²) in [6, 6.07) is 13.2. The number of hydrogen-bond acceptors (Lipinski definition) is 5. The Morgan fingerprint density at radius 3 is 2.43 bits per heavy atom. The summed E-state index contributed by atoms with van der Waals surface area (Å²) in [6.45, 7) is 6.00. The molecule has 10 heteroatoms. The number of carbonyl (C=O) groups excluding carboxylic acids is 2. The third-order valence-corrected chi connectivity index (χ3v) is 6.61. The molecule has 9 nitrogen and oxygen atoms in total. The summed E-state index contributed by atoms with van der Waals surface area (Å²) in [4.78, 5) is 39.3. The van der Waals surface area contributed by atoms with Crippen LogP contribution in [0.15, 0.2) is 48.5 Å². The largest absolute Gasteiger partial charge is 0.348 e. The van der Waals surface area contributed by atoms with Gasteiger partial charge in [-0.2, -0.15) is 0 Å². The second-order valence-corrected chi connectivity index (χ2v) is 9.48. The van der Waals surface area contributed by atoms with E-state index < -0.39 is 4.92 Å². The molecular weight excluding hydrogens is 470 g/mol. The van der Waals surface area contributed by atoms with Gasteiger partial charge in [-0.15, -0.1) is 0 Å². The van der Waals surface area contributed by atoms with Crippen molar-refractivity contribution in [3.63, 3.8) is 0 Å². The summed E-state index contributed by atoms with van der Waals surface area (Å²) in [5.41, 5.74) is 1.36. The van der Waals surface area contributed by atoms with Gasteiger partial charge in [-0.1, -0.05) is 11.6 Å². The highest BCUT2D eigenvalue weighted by molar-refractivity contribution is 6.30. The molecule has 0 saturated carbocycles. The predicted molar refractivity (Wildman–Crippen MR) is 136 cm³/mol. The Hall–Kier alpha value is -3.43. The van der Waals surface area contributed by atoms with Gasteiger partial charge in [-0.3, -0.25) is 19.7 Å². The number of amides is 2. The van der Waals surface area contributed by atoms with E-state index >= 15 is 0 Å². The number of likely N-dealkylation sites (tertiary alicyclic amines) is 1. The molecule has 2 N–H and O–H groups in total. The molecule has 3 aromatic rings. The second kappa shape index (κ2) is 10.5. The molecule has 1 aliphatic heterocycles. The Morgan fingerprint density at radius 2 is 1.80 bits per heavy atom.